The summed E-state index contributed by atoms with van der Waals surface area (Å²) in [4.78, 5) is 49.3. The third kappa shape index (κ3) is 14.2. The highest BCUT2D eigenvalue weighted by molar-refractivity contribution is 5.76. The zero-order chi connectivity index (χ0) is 31.1. The number of hydrogen-bond donors (Lipinski definition) is 1. The molecule has 41 heavy (non-hydrogen) atoms. The molecule has 0 bridgehead atoms. The van der Waals surface area contributed by atoms with E-state index in [-0.39, 0.29) is 37.0 Å². The van der Waals surface area contributed by atoms with E-state index in [1.807, 2.05) is 13.8 Å². The lowest BCUT2D eigenvalue weighted by molar-refractivity contribution is -0.144. The largest absolute Gasteiger partial charge is 0.514 e. The van der Waals surface area contributed by atoms with Gasteiger partial charge in [-0.05, 0) is 71.1 Å². The van der Waals surface area contributed by atoms with Crippen molar-refractivity contribution in [3.05, 3.63) is 23.8 Å². The smallest absolute Gasteiger partial charge is 0.468 e. The zero-order valence-electron chi connectivity index (χ0n) is 25.8. The molecule has 1 rings (SSSR count). The molecule has 232 valence electrons. The zero-order valence-corrected chi connectivity index (χ0v) is 25.8. The number of rotatable bonds is 17. The maximum Gasteiger partial charge on any atom is 0.514 e. The van der Waals surface area contributed by atoms with Gasteiger partial charge in [0.25, 0.3) is 0 Å². The maximum atomic E-state index is 12.6. The van der Waals surface area contributed by atoms with E-state index >= 15 is 0 Å². The molecule has 0 aliphatic carbocycles. The number of nitrogens with one attached hydrogen (secondary N) is 1. The first-order valence-electron chi connectivity index (χ1n) is 14.2. The third-order valence-electron chi connectivity index (χ3n) is 6.48. The highest BCUT2D eigenvalue weighted by Crippen LogP contribution is 2.31. The van der Waals surface area contributed by atoms with Crippen molar-refractivity contribution in [1.82, 2.24) is 5.32 Å². The topological polar surface area (TPSA) is 136 Å². The van der Waals surface area contributed by atoms with Gasteiger partial charge in [-0.1, -0.05) is 39.7 Å². The van der Waals surface area contributed by atoms with E-state index in [0.29, 0.717) is 24.8 Å². The quantitative estimate of drug-likeness (QED) is 0.102. The van der Waals surface area contributed by atoms with Crippen LogP contribution in [-0.2, 0) is 35.0 Å². The molecule has 0 amide bonds. The Morgan fingerprint density at radius 3 is 1.98 bits per heavy atom. The number of hydrogen-bond acceptors (Lipinski definition) is 11. The second kappa shape index (κ2) is 17.5. The summed E-state index contributed by atoms with van der Waals surface area (Å²) in [5.41, 5.74) is -0.971. The summed E-state index contributed by atoms with van der Waals surface area (Å²) >= 11 is 0. The molecule has 0 fully saturated rings. The van der Waals surface area contributed by atoms with E-state index in [9.17, 15) is 19.2 Å². The van der Waals surface area contributed by atoms with Crippen LogP contribution in [0.4, 0.5) is 9.59 Å². The molecular weight excluding hydrogens is 534 g/mol. The van der Waals surface area contributed by atoms with Crippen LogP contribution in [0, 0.1) is 0 Å². The van der Waals surface area contributed by atoms with E-state index < -0.39 is 35.5 Å². The Bertz CT molecular complexity index is 1000. The molecule has 1 N–H and O–H groups in total. The van der Waals surface area contributed by atoms with E-state index in [1.54, 1.807) is 33.8 Å². The number of benzene rings is 1. The molecule has 0 heterocycles. The number of esters is 2. The standard InChI is InChI=1S/C30H47NO10/c1-9-12-13-14-25(32)37-18-17-31-22(26(33)36-8)19-21-15-16-23(38-27(34)40-29(4,5)10-2)24(20-21)39-28(35)41-30(6,7)11-3/h15-16,20,22,31H,9-14,17-19H2,1-8H3/t22-/m0/s1. The molecule has 0 radical (unpaired) electrons. The van der Waals surface area contributed by atoms with Crippen molar-refractivity contribution in [3.8, 4) is 11.5 Å². The fourth-order valence-corrected chi connectivity index (χ4v) is 3.27. The number of carbonyl (C=O) groups is 4. The van der Waals surface area contributed by atoms with Crippen LogP contribution in [0.3, 0.4) is 0 Å². The highest BCUT2D eigenvalue weighted by atomic mass is 16.8. The number of ether oxygens (including phenoxy) is 6. The monoisotopic (exact) mass is 581 g/mol. The summed E-state index contributed by atoms with van der Waals surface area (Å²) in [6.07, 6.45) is 2.39. The fraction of sp³-hybridized carbons (Fsp3) is 0.667. The van der Waals surface area contributed by atoms with Crippen LogP contribution in [0.2, 0.25) is 0 Å². The maximum absolute atomic E-state index is 12.6. The number of methoxy groups -OCH3 is 1. The minimum atomic E-state index is -0.982. The minimum absolute atomic E-state index is 0.0607. The van der Waals surface area contributed by atoms with Crippen molar-refractivity contribution < 1.29 is 47.6 Å². The minimum Gasteiger partial charge on any atom is -0.468 e. The van der Waals surface area contributed by atoms with Crippen molar-refractivity contribution >= 4 is 24.2 Å². The Balaban J connectivity index is 3.05. The van der Waals surface area contributed by atoms with Gasteiger partial charge in [-0.15, -0.1) is 0 Å². The average molecular weight is 582 g/mol. The predicted octanol–water partition coefficient (Wildman–Crippen LogP) is 5.89. The SMILES string of the molecule is CCCCCC(=O)OCCN[C@@H](Cc1ccc(OC(=O)OC(C)(C)CC)c(OC(=O)OC(C)(C)CC)c1)C(=O)OC. The van der Waals surface area contributed by atoms with Gasteiger partial charge < -0.3 is 33.7 Å². The van der Waals surface area contributed by atoms with Gasteiger partial charge in [-0.2, -0.15) is 0 Å². The molecule has 0 saturated heterocycles. The van der Waals surface area contributed by atoms with Gasteiger partial charge in [-0.3, -0.25) is 9.59 Å². The number of carbonyl (C=O) groups excluding carboxylic acids is 4. The second-order valence-corrected chi connectivity index (χ2v) is 10.8. The van der Waals surface area contributed by atoms with Crippen molar-refractivity contribution in [3.63, 3.8) is 0 Å². The molecule has 0 saturated carbocycles. The molecule has 0 aliphatic heterocycles. The summed E-state index contributed by atoms with van der Waals surface area (Å²) in [6, 6.07) is 3.74. The lowest BCUT2D eigenvalue weighted by atomic mass is 10.1. The van der Waals surface area contributed by atoms with Crippen molar-refractivity contribution in [2.45, 2.75) is 111 Å². The van der Waals surface area contributed by atoms with Crippen LogP contribution in [-0.4, -0.2) is 61.8 Å². The van der Waals surface area contributed by atoms with Gasteiger partial charge in [0.05, 0.1) is 7.11 Å². The first-order chi connectivity index (χ1) is 19.3. The van der Waals surface area contributed by atoms with Crippen LogP contribution >= 0.6 is 0 Å². The summed E-state index contributed by atoms with van der Waals surface area (Å²) in [5, 5.41) is 3.03. The molecule has 11 heteroatoms. The molecule has 0 unspecified atom stereocenters. The molecule has 0 spiro atoms. The van der Waals surface area contributed by atoms with Crippen LogP contribution < -0.4 is 14.8 Å². The van der Waals surface area contributed by atoms with Gasteiger partial charge in [0.15, 0.2) is 11.5 Å². The predicted molar refractivity (Wildman–Crippen MR) is 152 cm³/mol. The summed E-state index contributed by atoms with van der Waals surface area (Å²) in [5.74, 6) is -0.965. The molecule has 0 aliphatic rings. The lowest BCUT2D eigenvalue weighted by Crippen LogP contribution is -2.41. The van der Waals surface area contributed by atoms with Crippen molar-refractivity contribution in [2.24, 2.45) is 0 Å². The first-order valence-corrected chi connectivity index (χ1v) is 14.2. The first kappa shape index (κ1) is 35.7. The molecular formula is C30H47NO10. The summed E-state index contributed by atoms with van der Waals surface area (Å²) in [7, 11) is 1.27. The molecule has 1 atom stereocenters. The number of unbranched alkanes of at least 4 members (excludes halogenated alkanes) is 2. The Morgan fingerprint density at radius 2 is 1.44 bits per heavy atom. The Morgan fingerprint density at radius 1 is 0.854 bits per heavy atom. The molecule has 11 nitrogen and oxygen atoms in total. The fourth-order valence-electron chi connectivity index (χ4n) is 3.27. The van der Waals surface area contributed by atoms with Crippen LogP contribution in [0.1, 0.15) is 92.6 Å². The van der Waals surface area contributed by atoms with Crippen LogP contribution in [0.15, 0.2) is 18.2 Å². The Labute approximate surface area is 243 Å². The van der Waals surface area contributed by atoms with E-state index in [4.69, 9.17) is 28.4 Å². The van der Waals surface area contributed by atoms with Gasteiger partial charge in [0.1, 0.15) is 23.9 Å². The molecule has 0 aromatic heterocycles. The van der Waals surface area contributed by atoms with Gasteiger partial charge in [0, 0.05) is 13.0 Å². The van der Waals surface area contributed by atoms with Gasteiger partial charge in [-0.25, -0.2) is 9.59 Å². The normalized spacial score (nSPS) is 12.2. The van der Waals surface area contributed by atoms with Crippen LogP contribution in [0.5, 0.6) is 11.5 Å². The van der Waals surface area contributed by atoms with Crippen molar-refractivity contribution in [1.29, 1.82) is 0 Å². The average Bonchev–Trinajstić information content (AvgIpc) is 2.90. The Hall–Kier alpha value is -3.34. The Kier molecular flexibility index (Phi) is 15.2. The van der Waals surface area contributed by atoms with Gasteiger partial charge >= 0.3 is 24.2 Å². The second-order valence-electron chi connectivity index (χ2n) is 10.8. The van der Waals surface area contributed by atoms with Crippen molar-refractivity contribution in [2.75, 3.05) is 20.3 Å². The van der Waals surface area contributed by atoms with E-state index in [2.05, 4.69) is 12.2 Å². The third-order valence-corrected chi connectivity index (χ3v) is 6.48. The van der Waals surface area contributed by atoms with Crippen LogP contribution in [0.25, 0.3) is 0 Å². The molecule has 1 aromatic carbocycles. The van der Waals surface area contributed by atoms with E-state index in [0.717, 1.165) is 19.3 Å². The summed E-state index contributed by atoms with van der Waals surface area (Å²) in [6.45, 7) is 13.1. The summed E-state index contributed by atoms with van der Waals surface area (Å²) < 4.78 is 31.7. The highest BCUT2D eigenvalue weighted by Gasteiger charge is 2.27. The van der Waals surface area contributed by atoms with Gasteiger partial charge in [0.2, 0.25) is 0 Å². The van der Waals surface area contributed by atoms with E-state index in [1.165, 1.54) is 19.2 Å². The lowest BCUT2D eigenvalue weighted by Gasteiger charge is -2.24. The molecule has 1 aromatic rings.